The van der Waals surface area contributed by atoms with Gasteiger partial charge in [0.2, 0.25) is 0 Å². The lowest BCUT2D eigenvalue weighted by molar-refractivity contribution is 0.0746. The zero-order valence-corrected chi connectivity index (χ0v) is 18.0. The smallest absolute Gasteiger partial charge is 0.323 e. The number of anilines is 2. The van der Waals surface area contributed by atoms with Gasteiger partial charge in [-0.25, -0.2) is 14.8 Å². The molecule has 3 amide bonds. The van der Waals surface area contributed by atoms with Gasteiger partial charge in [-0.05, 0) is 51.0 Å². The molecule has 1 N–H and O–H groups in total. The average molecular weight is 409 g/mol. The fourth-order valence-corrected chi connectivity index (χ4v) is 4.05. The molecule has 1 unspecified atom stereocenters. The van der Waals surface area contributed by atoms with Crippen LogP contribution in [-0.2, 0) is 0 Å². The summed E-state index contributed by atoms with van der Waals surface area (Å²) in [5.74, 6) is 1.54. The van der Waals surface area contributed by atoms with Crippen molar-refractivity contribution in [2.75, 3.05) is 42.5 Å². The first-order valence-corrected chi connectivity index (χ1v) is 10.4. The molecule has 4 rings (SSSR count). The summed E-state index contributed by atoms with van der Waals surface area (Å²) in [6.07, 6.45) is 1.57. The van der Waals surface area contributed by atoms with Gasteiger partial charge in [0.05, 0.1) is 11.6 Å². The summed E-state index contributed by atoms with van der Waals surface area (Å²) >= 11 is 0. The van der Waals surface area contributed by atoms with Crippen molar-refractivity contribution in [1.29, 1.82) is 0 Å². The van der Waals surface area contributed by atoms with Gasteiger partial charge >= 0.3 is 6.03 Å². The first-order valence-electron chi connectivity index (χ1n) is 10.4. The first kappa shape index (κ1) is 20.1. The molecule has 2 aliphatic heterocycles. The maximum Gasteiger partial charge on any atom is 0.323 e. The van der Waals surface area contributed by atoms with Crippen molar-refractivity contribution in [3.63, 3.8) is 0 Å². The topological polar surface area (TPSA) is 81.7 Å². The summed E-state index contributed by atoms with van der Waals surface area (Å²) in [7, 11) is 0. The second-order valence-electron chi connectivity index (χ2n) is 8.12. The van der Waals surface area contributed by atoms with Crippen LogP contribution in [0.25, 0.3) is 0 Å². The van der Waals surface area contributed by atoms with Gasteiger partial charge in [-0.1, -0.05) is 6.07 Å². The number of amides is 3. The van der Waals surface area contributed by atoms with Crippen molar-refractivity contribution in [1.82, 2.24) is 20.2 Å². The van der Waals surface area contributed by atoms with E-state index in [0.717, 1.165) is 30.2 Å². The van der Waals surface area contributed by atoms with E-state index in [4.69, 9.17) is 4.98 Å². The minimum Gasteiger partial charge on any atom is -0.353 e. The Balaban J connectivity index is 1.41. The molecular formula is C22H28N6O2. The molecule has 0 bridgehead atoms. The third kappa shape index (κ3) is 3.69. The zero-order chi connectivity index (χ0) is 21.4. The van der Waals surface area contributed by atoms with E-state index < -0.39 is 0 Å². The number of rotatable bonds is 3. The number of hydrogen-bond donors (Lipinski definition) is 1. The number of aromatic nitrogens is 2. The highest BCUT2D eigenvalue weighted by molar-refractivity contribution is 5.96. The molecule has 8 nitrogen and oxygen atoms in total. The van der Waals surface area contributed by atoms with Crippen LogP contribution in [-0.4, -0.2) is 65.6 Å². The summed E-state index contributed by atoms with van der Waals surface area (Å²) in [4.78, 5) is 39.7. The van der Waals surface area contributed by atoms with Crippen LogP contribution in [0.3, 0.4) is 0 Å². The van der Waals surface area contributed by atoms with Crippen LogP contribution in [0.4, 0.5) is 16.4 Å². The highest BCUT2D eigenvalue weighted by Crippen LogP contribution is 2.23. The average Bonchev–Trinajstić information content (AvgIpc) is 3.08. The molecule has 2 saturated heterocycles. The lowest BCUT2D eigenvalue weighted by Gasteiger charge is -2.36. The van der Waals surface area contributed by atoms with Crippen molar-refractivity contribution in [2.45, 2.75) is 33.7 Å². The van der Waals surface area contributed by atoms with Crippen molar-refractivity contribution in [3.05, 3.63) is 46.8 Å². The summed E-state index contributed by atoms with van der Waals surface area (Å²) in [5, 5.41) is 2.80. The molecule has 1 atom stereocenters. The van der Waals surface area contributed by atoms with Crippen LogP contribution in [0.15, 0.2) is 24.4 Å². The normalized spacial score (nSPS) is 19.3. The predicted octanol–water partition coefficient (Wildman–Crippen LogP) is 2.28. The number of nitrogens with zero attached hydrogens (tertiary/aromatic N) is 5. The van der Waals surface area contributed by atoms with E-state index in [1.807, 2.05) is 18.7 Å². The van der Waals surface area contributed by atoms with E-state index in [9.17, 15) is 9.59 Å². The summed E-state index contributed by atoms with van der Waals surface area (Å²) in [6, 6.07) is 5.56. The molecule has 30 heavy (non-hydrogen) atoms. The van der Waals surface area contributed by atoms with Gasteiger partial charge in [0.1, 0.15) is 11.6 Å². The standard InChI is InChI=1S/C22H28N6O2/c1-14-11-15(2)20(25-17(14)4)26-7-9-27(10-8-26)21(29)18-5-6-19(23-13-18)28-16(3)12-24-22(28)30/h5-6,11,13,16H,7-10,12H2,1-4H3,(H,24,30). The van der Waals surface area contributed by atoms with E-state index in [0.29, 0.717) is 31.0 Å². The quantitative estimate of drug-likeness (QED) is 0.843. The Bertz CT molecular complexity index is 966. The molecule has 0 aliphatic carbocycles. The molecule has 2 fully saturated rings. The van der Waals surface area contributed by atoms with Crippen molar-refractivity contribution >= 4 is 23.6 Å². The molecule has 0 radical (unpaired) electrons. The van der Waals surface area contributed by atoms with Crippen LogP contribution in [0.1, 0.15) is 34.1 Å². The fourth-order valence-electron chi connectivity index (χ4n) is 4.05. The Hall–Kier alpha value is -3.16. The number of nitrogens with one attached hydrogen (secondary N) is 1. The van der Waals surface area contributed by atoms with E-state index >= 15 is 0 Å². The summed E-state index contributed by atoms with van der Waals surface area (Å²) in [5.41, 5.74) is 3.95. The van der Waals surface area contributed by atoms with Crippen molar-refractivity contribution in [2.24, 2.45) is 0 Å². The number of hydrogen-bond acceptors (Lipinski definition) is 5. The minimum atomic E-state index is -0.152. The van der Waals surface area contributed by atoms with Gasteiger partial charge in [-0.3, -0.25) is 9.69 Å². The number of piperazine rings is 1. The van der Waals surface area contributed by atoms with Crippen LogP contribution < -0.4 is 15.1 Å². The van der Waals surface area contributed by atoms with E-state index in [2.05, 4.69) is 35.1 Å². The van der Waals surface area contributed by atoms with Gasteiger partial charge in [-0.15, -0.1) is 0 Å². The van der Waals surface area contributed by atoms with Crippen molar-refractivity contribution in [3.8, 4) is 0 Å². The number of carbonyl (C=O) groups excluding carboxylic acids is 2. The molecule has 8 heteroatoms. The molecule has 158 valence electrons. The monoisotopic (exact) mass is 408 g/mol. The Morgan fingerprint density at radius 2 is 1.83 bits per heavy atom. The first-order chi connectivity index (χ1) is 14.3. The van der Waals surface area contributed by atoms with Gasteiger partial charge < -0.3 is 15.1 Å². The van der Waals surface area contributed by atoms with Gasteiger partial charge in [0.15, 0.2) is 0 Å². The SMILES string of the molecule is Cc1cc(C)c(N2CCN(C(=O)c3ccc(N4C(=O)NCC4C)nc3)CC2)nc1C. The molecule has 4 heterocycles. The molecular weight excluding hydrogens is 380 g/mol. The lowest BCUT2D eigenvalue weighted by Crippen LogP contribution is -2.49. The van der Waals surface area contributed by atoms with Gasteiger partial charge in [-0.2, -0.15) is 0 Å². The maximum atomic E-state index is 12.9. The maximum absolute atomic E-state index is 12.9. The second-order valence-corrected chi connectivity index (χ2v) is 8.12. The van der Waals surface area contributed by atoms with E-state index in [-0.39, 0.29) is 18.0 Å². The van der Waals surface area contributed by atoms with Crippen LogP contribution in [0.2, 0.25) is 0 Å². The molecule has 0 aromatic carbocycles. The van der Waals surface area contributed by atoms with E-state index in [1.165, 1.54) is 5.56 Å². The number of carbonyl (C=O) groups is 2. The molecule has 0 spiro atoms. The number of pyridine rings is 2. The minimum absolute atomic E-state index is 0.0302. The molecule has 2 aromatic heterocycles. The lowest BCUT2D eigenvalue weighted by atomic mass is 10.1. The fraction of sp³-hybridized carbons (Fsp3) is 0.455. The highest BCUT2D eigenvalue weighted by Gasteiger charge is 2.30. The Labute approximate surface area is 176 Å². The van der Waals surface area contributed by atoms with Crippen LogP contribution >= 0.6 is 0 Å². The zero-order valence-electron chi connectivity index (χ0n) is 18.0. The molecule has 0 saturated carbocycles. The Morgan fingerprint density at radius 3 is 2.43 bits per heavy atom. The predicted molar refractivity (Wildman–Crippen MR) is 116 cm³/mol. The van der Waals surface area contributed by atoms with Gasteiger partial charge in [0.25, 0.3) is 5.91 Å². The Kier molecular flexibility index (Phi) is 5.32. The third-order valence-electron chi connectivity index (χ3n) is 5.95. The van der Waals surface area contributed by atoms with Crippen LogP contribution in [0, 0.1) is 20.8 Å². The van der Waals surface area contributed by atoms with Crippen LogP contribution in [0.5, 0.6) is 0 Å². The number of urea groups is 1. The molecule has 2 aliphatic rings. The third-order valence-corrected chi connectivity index (χ3v) is 5.95. The van der Waals surface area contributed by atoms with Crippen molar-refractivity contribution < 1.29 is 9.59 Å². The highest BCUT2D eigenvalue weighted by atomic mass is 16.2. The largest absolute Gasteiger partial charge is 0.353 e. The van der Waals surface area contributed by atoms with Gasteiger partial charge in [0, 0.05) is 44.6 Å². The summed E-state index contributed by atoms with van der Waals surface area (Å²) in [6.45, 7) is 11.5. The summed E-state index contributed by atoms with van der Waals surface area (Å²) < 4.78 is 0. The Morgan fingerprint density at radius 1 is 1.10 bits per heavy atom. The second kappa shape index (κ2) is 7.93. The molecule has 2 aromatic rings. The van der Waals surface area contributed by atoms with E-state index in [1.54, 1.807) is 23.2 Å². The number of aryl methyl sites for hydroxylation is 3.